The van der Waals surface area contributed by atoms with Gasteiger partial charge in [-0.25, -0.2) is 4.39 Å². The molecule has 1 atom stereocenters. The van der Waals surface area contributed by atoms with Crippen LogP contribution in [0.2, 0.25) is 0 Å². The van der Waals surface area contributed by atoms with Crippen molar-refractivity contribution in [2.24, 2.45) is 5.41 Å². The number of allylic oxidation sites excluding steroid dienone is 2. The molecular weight excluding hydrogens is 483 g/mol. The molecule has 1 aliphatic heterocycles. The Hall–Kier alpha value is -4.26. The zero-order chi connectivity index (χ0) is 26.9. The molecule has 1 heterocycles. The number of rotatable bonds is 5. The number of nitrogens with zero attached hydrogens (tertiary/aromatic N) is 1. The van der Waals surface area contributed by atoms with E-state index in [2.05, 4.69) is 11.4 Å². The molecule has 5 rings (SSSR count). The third-order valence-corrected chi connectivity index (χ3v) is 7.59. The van der Waals surface area contributed by atoms with E-state index in [-0.39, 0.29) is 16.9 Å². The van der Waals surface area contributed by atoms with Gasteiger partial charge < -0.3 is 15.0 Å². The van der Waals surface area contributed by atoms with Crippen LogP contribution in [-0.4, -0.2) is 31.8 Å². The highest BCUT2D eigenvalue weighted by molar-refractivity contribution is 6.09. The van der Waals surface area contributed by atoms with E-state index < -0.39 is 11.7 Å². The van der Waals surface area contributed by atoms with Crippen LogP contribution < -0.4 is 15.0 Å². The first-order valence-electron chi connectivity index (χ1n) is 12.6. The van der Waals surface area contributed by atoms with E-state index in [0.29, 0.717) is 29.1 Å². The molecule has 3 aromatic rings. The standard InChI is InChI=1S/C31H29FN2O4/c1-20-7-8-23(32)15-26(20)29(36)33-24-9-10-25(28(16-24)38-2)30(37)34-14-13-31(12-11-21(17-31)19-35)18-22-5-3-4-6-27(22)34/h3-10,15-17,19H,11-14,18H2,1-2H3,(H,33,36). The average Bonchev–Trinajstić information content (AvgIpc) is 3.25. The molecule has 2 amide bonds. The summed E-state index contributed by atoms with van der Waals surface area (Å²) >= 11 is 0. The molecule has 1 aliphatic carbocycles. The number of halogens is 1. The van der Waals surface area contributed by atoms with E-state index in [1.807, 2.05) is 24.3 Å². The smallest absolute Gasteiger partial charge is 0.262 e. The van der Waals surface area contributed by atoms with Crippen LogP contribution in [0.3, 0.4) is 0 Å². The number of nitrogens with one attached hydrogen (secondary N) is 1. The predicted molar refractivity (Wildman–Crippen MR) is 144 cm³/mol. The number of hydrogen-bond donors (Lipinski definition) is 1. The summed E-state index contributed by atoms with van der Waals surface area (Å²) in [5.74, 6) is -0.824. The Morgan fingerprint density at radius 2 is 1.87 bits per heavy atom. The van der Waals surface area contributed by atoms with Crippen LogP contribution in [-0.2, 0) is 11.2 Å². The van der Waals surface area contributed by atoms with Crippen molar-refractivity contribution in [2.75, 3.05) is 23.9 Å². The molecule has 1 spiro atoms. The van der Waals surface area contributed by atoms with Gasteiger partial charge in [0, 0.05) is 29.5 Å². The summed E-state index contributed by atoms with van der Waals surface area (Å²) in [6.45, 7) is 2.24. The number of anilines is 2. The van der Waals surface area contributed by atoms with Crippen molar-refractivity contribution in [3.8, 4) is 5.75 Å². The van der Waals surface area contributed by atoms with E-state index in [0.717, 1.165) is 48.8 Å². The normalized spacial score (nSPS) is 18.4. The molecule has 1 N–H and O–H groups in total. The van der Waals surface area contributed by atoms with Crippen LogP contribution >= 0.6 is 0 Å². The summed E-state index contributed by atoms with van der Waals surface area (Å²) in [6.07, 6.45) is 6.20. The predicted octanol–water partition coefficient (Wildman–Crippen LogP) is 5.89. The molecule has 0 saturated carbocycles. The lowest BCUT2D eigenvalue weighted by Crippen LogP contribution is -2.33. The molecule has 38 heavy (non-hydrogen) atoms. The fourth-order valence-corrected chi connectivity index (χ4v) is 5.55. The third-order valence-electron chi connectivity index (χ3n) is 7.59. The van der Waals surface area contributed by atoms with Gasteiger partial charge in [-0.15, -0.1) is 0 Å². The van der Waals surface area contributed by atoms with Gasteiger partial charge in [-0.3, -0.25) is 14.4 Å². The van der Waals surface area contributed by atoms with Crippen LogP contribution in [0.5, 0.6) is 5.75 Å². The van der Waals surface area contributed by atoms with Gasteiger partial charge in [0.15, 0.2) is 0 Å². The highest BCUT2D eigenvalue weighted by atomic mass is 19.1. The summed E-state index contributed by atoms with van der Waals surface area (Å²) in [5, 5.41) is 2.77. The molecule has 1 unspecified atom stereocenters. The largest absolute Gasteiger partial charge is 0.496 e. The molecule has 3 aromatic carbocycles. The average molecular weight is 513 g/mol. The van der Waals surface area contributed by atoms with Crippen LogP contribution in [0.4, 0.5) is 15.8 Å². The van der Waals surface area contributed by atoms with E-state index >= 15 is 0 Å². The molecule has 0 aromatic heterocycles. The molecule has 6 nitrogen and oxygen atoms in total. The summed E-state index contributed by atoms with van der Waals surface area (Å²) in [5.41, 5.74) is 4.28. The Kier molecular flexibility index (Phi) is 6.85. The van der Waals surface area contributed by atoms with Crippen molar-refractivity contribution < 1.29 is 23.5 Å². The van der Waals surface area contributed by atoms with Crippen molar-refractivity contribution in [2.45, 2.75) is 32.6 Å². The number of carbonyl (C=O) groups is 3. The monoisotopic (exact) mass is 512 g/mol. The van der Waals surface area contributed by atoms with Gasteiger partial charge in [0.2, 0.25) is 0 Å². The Balaban J connectivity index is 1.43. The zero-order valence-corrected chi connectivity index (χ0v) is 21.4. The fraction of sp³-hybridized carbons (Fsp3) is 0.258. The van der Waals surface area contributed by atoms with Crippen LogP contribution in [0.25, 0.3) is 0 Å². The lowest BCUT2D eigenvalue weighted by molar-refractivity contribution is -0.105. The maximum absolute atomic E-state index is 13.9. The number of aryl methyl sites for hydroxylation is 1. The Labute approximate surface area is 221 Å². The number of aldehydes is 1. The number of ether oxygens (including phenoxy) is 1. The second kappa shape index (κ2) is 10.2. The molecule has 194 valence electrons. The van der Waals surface area contributed by atoms with Crippen molar-refractivity contribution in [3.05, 3.63) is 100 Å². The van der Waals surface area contributed by atoms with Gasteiger partial charge in [-0.2, -0.15) is 0 Å². The van der Waals surface area contributed by atoms with Gasteiger partial charge in [0.25, 0.3) is 11.8 Å². The van der Waals surface area contributed by atoms with Crippen LogP contribution in [0.1, 0.15) is 51.1 Å². The number of carbonyl (C=O) groups excluding carboxylic acids is 3. The van der Waals surface area contributed by atoms with E-state index in [4.69, 9.17) is 4.74 Å². The molecule has 0 saturated heterocycles. The SMILES string of the molecule is COc1cc(NC(=O)c2cc(F)ccc2C)ccc1C(=O)N1CCC2(C=C(C=O)CC2)Cc2ccccc21. The maximum Gasteiger partial charge on any atom is 0.262 e. The fourth-order valence-electron chi connectivity index (χ4n) is 5.55. The Morgan fingerprint density at radius 3 is 2.63 bits per heavy atom. The van der Waals surface area contributed by atoms with E-state index in [1.165, 1.54) is 19.2 Å². The first-order chi connectivity index (χ1) is 18.3. The number of amides is 2. The Morgan fingerprint density at radius 1 is 1.05 bits per heavy atom. The highest BCUT2D eigenvalue weighted by Gasteiger charge is 2.38. The molecular formula is C31H29FN2O4. The quantitative estimate of drug-likeness (QED) is 0.433. The van der Waals surface area contributed by atoms with Crippen molar-refractivity contribution in [1.29, 1.82) is 0 Å². The zero-order valence-electron chi connectivity index (χ0n) is 21.4. The molecule has 2 aliphatic rings. The summed E-state index contributed by atoms with van der Waals surface area (Å²) in [7, 11) is 1.48. The maximum atomic E-state index is 13.9. The van der Waals surface area contributed by atoms with Gasteiger partial charge in [0.05, 0.1) is 12.7 Å². The number of hydrogen-bond acceptors (Lipinski definition) is 4. The van der Waals surface area contributed by atoms with Crippen LogP contribution in [0.15, 0.2) is 72.3 Å². The number of fused-ring (bicyclic) bond motifs is 1. The lowest BCUT2D eigenvalue weighted by Gasteiger charge is -2.26. The summed E-state index contributed by atoms with van der Waals surface area (Å²) in [6, 6.07) is 16.8. The molecule has 0 radical (unpaired) electrons. The first-order valence-corrected chi connectivity index (χ1v) is 12.6. The topological polar surface area (TPSA) is 75.7 Å². The van der Waals surface area contributed by atoms with Crippen molar-refractivity contribution in [3.63, 3.8) is 0 Å². The van der Waals surface area contributed by atoms with Crippen LogP contribution in [0, 0.1) is 18.2 Å². The molecule has 0 fully saturated rings. The second-order valence-corrected chi connectivity index (χ2v) is 10.0. The van der Waals surface area contributed by atoms with Gasteiger partial charge in [-0.1, -0.05) is 30.3 Å². The minimum Gasteiger partial charge on any atom is -0.496 e. The molecule has 7 heteroatoms. The Bertz CT molecular complexity index is 1460. The minimum atomic E-state index is -0.491. The lowest BCUT2D eigenvalue weighted by atomic mass is 9.79. The van der Waals surface area contributed by atoms with Crippen molar-refractivity contribution in [1.82, 2.24) is 0 Å². The first kappa shape index (κ1) is 25.4. The van der Waals surface area contributed by atoms with E-state index in [1.54, 1.807) is 36.1 Å². The van der Waals surface area contributed by atoms with Crippen molar-refractivity contribution >= 4 is 29.5 Å². The van der Waals surface area contributed by atoms with E-state index in [9.17, 15) is 18.8 Å². The number of methoxy groups -OCH3 is 1. The molecule has 0 bridgehead atoms. The second-order valence-electron chi connectivity index (χ2n) is 10.0. The van der Waals surface area contributed by atoms with Gasteiger partial charge >= 0.3 is 0 Å². The number of para-hydroxylation sites is 1. The minimum absolute atomic E-state index is 0.144. The highest BCUT2D eigenvalue weighted by Crippen LogP contribution is 2.45. The summed E-state index contributed by atoms with van der Waals surface area (Å²) < 4.78 is 19.3. The summed E-state index contributed by atoms with van der Waals surface area (Å²) in [4.78, 5) is 39.9. The third kappa shape index (κ3) is 4.84. The number of benzene rings is 3. The van der Waals surface area contributed by atoms with Gasteiger partial charge in [-0.05, 0) is 85.1 Å². The van der Waals surface area contributed by atoms with Gasteiger partial charge in [0.1, 0.15) is 17.9 Å².